The number of thiol groups is 1. The molecular weight excluding hydrogens is 374 g/mol. The van der Waals surface area contributed by atoms with Crippen molar-refractivity contribution >= 4 is 24.2 Å². The number of aryl methyl sites for hydroxylation is 2. The summed E-state index contributed by atoms with van der Waals surface area (Å²) >= 11 is 4.53. The van der Waals surface area contributed by atoms with Gasteiger partial charge in [-0.3, -0.25) is 4.79 Å². The van der Waals surface area contributed by atoms with Crippen molar-refractivity contribution in [3.8, 4) is 17.6 Å². The van der Waals surface area contributed by atoms with Crippen LogP contribution in [0.1, 0.15) is 22.9 Å². The third-order valence-corrected chi connectivity index (χ3v) is 5.25. The second-order valence-corrected chi connectivity index (χ2v) is 6.86. The van der Waals surface area contributed by atoms with Crippen molar-refractivity contribution in [3.05, 3.63) is 63.7 Å². The Morgan fingerprint density at radius 1 is 1.07 bits per heavy atom. The maximum atomic E-state index is 12.5. The van der Waals surface area contributed by atoms with Crippen molar-refractivity contribution < 1.29 is 14.3 Å². The highest BCUT2D eigenvalue weighted by molar-refractivity contribution is 7.84. The summed E-state index contributed by atoms with van der Waals surface area (Å²) in [7, 11) is 3.12. The fourth-order valence-corrected chi connectivity index (χ4v) is 3.49. The second kappa shape index (κ2) is 7.87. The van der Waals surface area contributed by atoms with Gasteiger partial charge >= 0.3 is 0 Å². The molecule has 1 aliphatic heterocycles. The van der Waals surface area contributed by atoms with Gasteiger partial charge in [-0.25, -0.2) is 0 Å². The van der Waals surface area contributed by atoms with Crippen molar-refractivity contribution in [2.24, 2.45) is 0 Å². The molecule has 3 rings (SSSR count). The third kappa shape index (κ3) is 3.39. The van der Waals surface area contributed by atoms with Gasteiger partial charge in [-0.05, 0) is 54.8 Å². The van der Waals surface area contributed by atoms with Gasteiger partial charge in [0.05, 0.1) is 19.2 Å². The van der Waals surface area contributed by atoms with E-state index in [9.17, 15) is 10.1 Å². The van der Waals surface area contributed by atoms with Crippen LogP contribution in [-0.4, -0.2) is 20.1 Å². The maximum absolute atomic E-state index is 12.5. The number of benzene rings is 2. The minimum Gasteiger partial charge on any atom is -0.493 e. The first kappa shape index (κ1) is 19.6. The highest BCUT2D eigenvalue weighted by atomic mass is 32.1. The maximum Gasteiger partial charge on any atom is 0.266 e. The molecule has 0 bridgehead atoms. The third-order valence-electron chi connectivity index (χ3n) is 4.81. The van der Waals surface area contributed by atoms with E-state index < -0.39 is 12.1 Å². The summed E-state index contributed by atoms with van der Waals surface area (Å²) in [5.74, 6) is 0.669. The lowest BCUT2D eigenvalue weighted by atomic mass is 10.0. The fourth-order valence-electron chi connectivity index (χ4n) is 3.11. The van der Waals surface area contributed by atoms with Crippen LogP contribution in [0.15, 0.2) is 47.0 Å². The van der Waals surface area contributed by atoms with Gasteiger partial charge in [0.1, 0.15) is 17.8 Å². The number of ether oxygens (including phenoxy) is 2. The first-order chi connectivity index (χ1) is 13.4. The molecule has 0 aliphatic carbocycles. The van der Waals surface area contributed by atoms with Crippen LogP contribution in [0.3, 0.4) is 0 Å². The molecule has 0 saturated heterocycles. The van der Waals surface area contributed by atoms with Gasteiger partial charge in [-0.2, -0.15) is 5.26 Å². The molecule has 0 radical (unpaired) electrons. The fraction of sp³-hybridized carbons (Fsp3) is 0.238. The molecule has 28 heavy (non-hydrogen) atoms. The lowest BCUT2D eigenvalue weighted by Crippen LogP contribution is -2.46. The number of nitrogens with zero attached hydrogens (tertiary/aromatic N) is 2. The number of rotatable bonds is 4. The molecule has 1 unspecified atom stereocenters. The zero-order valence-electron chi connectivity index (χ0n) is 16.1. The molecular formula is C21H21N3O3S. The average Bonchev–Trinajstić information content (AvgIpc) is 2.69. The molecule has 1 atom stereocenters. The van der Waals surface area contributed by atoms with Crippen molar-refractivity contribution in [2.75, 3.05) is 19.1 Å². The predicted octanol–water partition coefficient (Wildman–Crippen LogP) is 3.62. The topological polar surface area (TPSA) is 74.6 Å². The Labute approximate surface area is 169 Å². The molecule has 0 fully saturated rings. The Morgan fingerprint density at radius 3 is 2.39 bits per heavy atom. The van der Waals surface area contributed by atoms with Gasteiger partial charge in [-0.1, -0.05) is 12.1 Å². The molecule has 1 aliphatic rings. The summed E-state index contributed by atoms with van der Waals surface area (Å²) < 4.78 is 10.7. The van der Waals surface area contributed by atoms with E-state index in [1.54, 1.807) is 26.4 Å². The van der Waals surface area contributed by atoms with Crippen LogP contribution < -0.4 is 19.7 Å². The van der Waals surface area contributed by atoms with E-state index in [0.29, 0.717) is 16.5 Å². The van der Waals surface area contributed by atoms with E-state index in [-0.39, 0.29) is 5.57 Å². The number of hydrogen-bond acceptors (Lipinski definition) is 6. The molecule has 0 saturated carbocycles. The van der Waals surface area contributed by atoms with Gasteiger partial charge in [0.2, 0.25) is 0 Å². The van der Waals surface area contributed by atoms with E-state index >= 15 is 0 Å². The van der Waals surface area contributed by atoms with Gasteiger partial charge in [0, 0.05) is 5.69 Å². The first-order valence-electron chi connectivity index (χ1n) is 8.63. The molecule has 1 N–H and O–H groups in total. The molecule has 1 amide bonds. The molecule has 2 aromatic rings. The van der Waals surface area contributed by atoms with Crippen molar-refractivity contribution in [1.29, 1.82) is 5.26 Å². The normalized spacial score (nSPS) is 16.5. The van der Waals surface area contributed by atoms with Crippen LogP contribution in [0.2, 0.25) is 0 Å². The summed E-state index contributed by atoms with van der Waals surface area (Å²) in [6, 6.07) is 13.3. The van der Waals surface area contributed by atoms with E-state index in [1.165, 1.54) is 0 Å². The standard InChI is InChI=1S/C21H21N3O3S/c1-12-5-7-15(9-13(12)2)24-19(23-20(25)16(11-22)21(24)28)14-6-8-17(26-3)18(10-14)27-4/h5-10,19,28H,1-4H3,(H,23,25). The van der Waals surface area contributed by atoms with Crippen LogP contribution in [-0.2, 0) is 4.79 Å². The number of nitriles is 1. The molecule has 1 heterocycles. The lowest BCUT2D eigenvalue weighted by Gasteiger charge is -2.38. The number of carbonyl (C=O) groups excluding carboxylic acids is 1. The molecule has 144 valence electrons. The molecule has 2 aromatic carbocycles. The summed E-state index contributed by atoms with van der Waals surface area (Å²) in [5.41, 5.74) is 3.81. The molecule has 6 nitrogen and oxygen atoms in total. The Morgan fingerprint density at radius 2 is 1.79 bits per heavy atom. The summed E-state index contributed by atoms with van der Waals surface area (Å²) in [6.45, 7) is 4.04. The smallest absolute Gasteiger partial charge is 0.266 e. The lowest BCUT2D eigenvalue weighted by molar-refractivity contribution is -0.118. The highest BCUT2D eigenvalue weighted by Gasteiger charge is 2.34. The van der Waals surface area contributed by atoms with Crippen molar-refractivity contribution in [1.82, 2.24) is 5.32 Å². The minimum absolute atomic E-state index is 0.0294. The summed E-state index contributed by atoms with van der Waals surface area (Å²) in [5, 5.41) is 12.6. The van der Waals surface area contributed by atoms with Gasteiger partial charge in [0.15, 0.2) is 11.5 Å². The first-order valence-corrected chi connectivity index (χ1v) is 9.08. The van der Waals surface area contributed by atoms with E-state index in [2.05, 4.69) is 17.9 Å². The zero-order valence-corrected chi connectivity index (χ0v) is 17.0. The van der Waals surface area contributed by atoms with Crippen LogP contribution >= 0.6 is 12.6 Å². The minimum atomic E-state index is -0.556. The van der Waals surface area contributed by atoms with Gasteiger partial charge < -0.3 is 19.7 Å². The predicted molar refractivity (Wildman–Crippen MR) is 110 cm³/mol. The van der Waals surface area contributed by atoms with E-state index in [4.69, 9.17) is 9.47 Å². The Hall–Kier alpha value is -3.11. The van der Waals surface area contributed by atoms with Crippen LogP contribution in [0.4, 0.5) is 5.69 Å². The van der Waals surface area contributed by atoms with E-state index in [0.717, 1.165) is 22.4 Å². The van der Waals surface area contributed by atoms with E-state index in [1.807, 2.05) is 49.1 Å². The number of nitrogens with one attached hydrogen (secondary N) is 1. The number of amides is 1. The van der Waals surface area contributed by atoms with Gasteiger partial charge in [-0.15, -0.1) is 12.6 Å². The quantitative estimate of drug-likeness (QED) is 0.774. The number of carbonyl (C=O) groups is 1. The largest absolute Gasteiger partial charge is 0.493 e. The highest BCUT2D eigenvalue weighted by Crippen LogP contribution is 2.38. The number of hydrogen-bond donors (Lipinski definition) is 2. The average molecular weight is 395 g/mol. The number of methoxy groups -OCH3 is 2. The monoisotopic (exact) mass is 395 g/mol. The molecule has 0 aromatic heterocycles. The van der Waals surface area contributed by atoms with Crippen LogP contribution in [0, 0.1) is 25.2 Å². The molecule has 7 heteroatoms. The molecule has 0 spiro atoms. The summed E-state index contributed by atoms with van der Waals surface area (Å²) in [4.78, 5) is 14.3. The van der Waals surface area contributed by atoms with Crippen molar-refractivity contribution in [2.45, 2.75) is 20.0 Å². The van der Waals surface area contributed by atoms with Crippen LogP contribution in [0.5, 0.6) is 11.5 Å². The summed E-state index contributed by atoms with van der Waals surface area (Å²) in [6.07, 6.45) is -0.556. The zero-order chi connectivity index (χ0) is 20.4. The SMILES string of the molecule is COc1ccc(C2NC(=O)C(C#N)=C(S)N2c2ccc(C)c(C)c2)cc1OC. The number of anilines is 1. The van der Waals surface area contributed by atoms with Crippen LogP contribution in [0.25, 0.3) is 0 Å². The second-order valence-electron chi connectivity index (χ2n) is 6.44. The Bertz CT molecular complexity index is 1010. The van der Waals surface area contributed by atoms with Crippen molar-refractivity contribution in [3.63, 3.8) is 0 Å². The van der Waals surface area contributed by atoms with Gasteiger partial charge in [0.25, 0.3) is 5.91 Å². The Balaban J connectivity index is 2.18. The Kier molecular flexibility index (Phi) is 5.52.